The Hall–Kier alpha value is -0.930. The number of alkyl halides is 2. The smallest absolute Gasteiger partial charge is 0.293 e. The molecule has 0 aromatic rings. The summed E-state index contributed by atoms with van der Waals surface area (Å²) in [5.41, 5.74) is 0.594. The zero-order valence-electron chi connectivity index (χ0n) is 20.3. The summed E-state index contributed by atoms with van der Waals surface area (Å²) in [6.45, 7) is 11.7. The fourth-order valence-corrected chi connectivity index (χ4v) is 8.76. The molecular formula is C27H43F2NO. The molecule has 0 aliphatic heterocycles. The maximum atomic E-state index is 14.8. The highest BCUT2D eigenvalue weighted by Gasteiger charge is 2.62. The average Bonchev–Trinajstić information content (AvgIpc) is 3.03. The van der Waals surface area contributed by atoms with E-state index >= 15 is 0 Å². The number of halogens is 2. The van der Waals surface area contributed by atoms with E-state index in [-0.39, 0.29) is 6.42 Å². The van der Waals surface area contributed by atoms with Gasteiger partial charge < -0.3 is 5.21 Å². The second-order valence-corrected chi connectivity index (χ2v) is 12.4. The number of hydrogen-bond acceptors (Lipinski definition) is 2. The average molecular weight is 436 g/mol. The van der Waals surface area contributed by atoms with Crippen molar-refractivity contribution in [1.82, 2.24) is 0 Å². The number of fused-ring (bicyclic) bond motifs is 5. The van der Waals surface area contributed by atoms with Crippen LogP contribution in [0.25, 0.3) is 0 Å². The van der Waals surface area contributed by atoms with E-state index < -0.39 is 17.0 Å². The first-order valence-electron chi connectivity index (χ1n) is 12.8. The molecule has 4 aliphatic rings. The topological polar surface area (TPSA) is 32.6 Å². The van der Waals surface area contributed by atoms with Crippen molar-refractivity contribution in [3.63, 3.8) is 0 Å². The zero-order valence-corrected chi connectivity index (χ0v) is 20.3. The number of allylic oxidation sites excluding steroid dienone is 2. The molecule has 4 rings (SSSR count). The van der Waals surface area contributed by atoms with Crippen molar-refractivity contribution in [3.05, 3.63) is 11.6 Å². The summed E-state index contributed by atoms with van der Waals surface area (Å²) in [5, 5.41) is 12.1. The molecule has 0 aromatic heterocycles. The van der Waals surface area contributed by atoms with Crippen LogP contribution in [0.1, 0.15) is 98.8 Å². The molecule has 4 aliphatic carbocycles. The summed E-state index contributed by atoms with van der Waals surface area (Å²) in [6, 6.07) is 0. The summed E-state index contributed by atoms with van der Waals surface area (Å²) in [6.07, 6.45) is 12.2. The molecule has 2 nitrogen and oxygen atoms in total. The van der Waals surface area contributed by atoms with Crippen LogP contribution < -0.4 is 0 Å². The zero-order chi connectivity index (χ0) is 22.6. The van der Waals surface area contributed by atoms with E-state index in [1.54, 1.807) is 0 Å². The van der Waals surface area contributed by atoms with Gasteiger partial charge >= 0.3 is 0 Å². The molecule has 0 saturated heterocycles. The minimum Gasteiger partial charge on any atom is -0.410 e. The van der Waals surface area contributed by atoms with Gasteiger partial charge in [-0.1, -0.05) is 64.6 Å². The normalized spacial score (nSPS) is 43.9. The Bertz CT molecular complexity index is 744. The first kappa shape index (κ1) is 23.2. The van der Waals surface area contributed by atoms with Crippen molar-refractivity contribution in [1.29, 1.82) is 0 Å². The van der Waals surface area contributed by atoms with Gasteiger partial charge in [0.25, 0.3) is 5.92 Å². The molecule has 0 spiro atoms. The fourth-order valence-electron chi connectivity index (χ4n) is 8.76. The molecule has 0 bridgehead atoms. The highest BCUT2D eigenvalue weighted by atomic mass is 19.3. The van der Waals surface area contributed by atoms with Crippen LogP contribution in [-0.4, -0.2) is 16.8 Å². The maximum Gasteiger partial charge on any atom is 0.293 e. The van der Waals surface area contributed by atoms with Crippen molar-refractivity contribution < 1.29 is 14.0 Å². The van der Waals surface area contributed by atoms with Crippen molar-refractivity contribution >= 4 is 5.71 Å². The third kappa shape index (κ3) is 3.78. The fraction of sp³-hybridized carbons (Fsp3) is 0.889. The van der Waals surface area contributed by atoms with E-state index in [1.165, 1.54) is 44.6 Å². The molecule has 31 heavy (non-hydrogen) atoms. The van der Waals surface area contributed by atoms with Crippen LogP contribution in [0.4, 0.5) is 8.78 Å². The molecule has 4 heteroatoms. The summed E-state index contributed by atoms with van der Waals surface area (Å²) < 4.78 is 29.6. The van der Waals surface area contributed by atoms with E-state index in [0.29, 0.717) is 23.2 Å². The van der Waals surface area contributed by atoms with Crippen molar-refractivity contribution in [2.24, 2.45) is 51.5 Å². The Balaban J connectivity index is 1.54. The number of rotatable bonds is 5. The van der Waals surface area contributed by atoms with Crippen LogP contribution in [0.3, 0.4) is 0 Å². The van der Waals surface area contributed by atoms with Crippen LogP contribution >= 0.6 is 0 Å². The molecule has 3 unspecified atom stereocenters. The van der Waals surface area contributed by atoms with E-state index in [2.05, 4.69) is 39.8 Å². The van der Waals surface area contributed by atoms with Gasteiger partial charge in [0.2, 0.25) is 0 Å². The first-order chi connectivity index (χ1) is 14.5. The Kier molecular flexibility index (Phi) is 6.10. The third-order valence-electron chi connectivity index (χ3n) is 10.3. The molecule has 3 saturated carbocycles. The van der Waals surface area contributed by atoms with Crippen LogP contribution in [0.2, 0.25) is 0 Å². The van der Waals surface area contributed by atoms with Gasteiger partial charge in [-0.15, -0.1) is 0 Å². The van der Waals surface area contributed by atoms with E-state index in [4.69, 9.17) is 5.21 Å². The van der Waals surface area contributed by atoms with Crippen LogP contribution in [-0.2, 0) is 0 Å². The first-order valence-corrected chi connectivity index (χ1v) is 12.8. The number of nitrogens with zero attached hydrogens (tertiary/aromatic N) is 1. The second kappa shape index (κ2) is 8.13. The predicted molar refractivity (Wildman–Crippen MR) is 123 cm³/mol. The highest BCUT2D eigenvalue weighted by molar-refractivity contribution is 6.01. The van der Waals surface area contributed by atoms with Crippen LogP contribution in [0, 0.1) is 46.3 Å². The number of hydrogen-bond donors (Lipinski definition) is 1. The van der Waals surface area contributed by atoms with Crippen LogP contribution in [0.5, 0.6) is 0 Å². The minimum atomic E-state index is -3.03. The molecule has 0 amide bonds. The Morgan fingerprint density at radius 1 is 1.06 bits per heavy atom. The van der Waals surface area contributed by atoms with Gasteiger partial charge in [0, 0.05) is 6.42 Å². The lowest BCUT2D eigenvalue weighted by Crippen LogP contribution is -2.53. The summed E-state index contributed by atoms with van der Waals surface area (Å²) in [7, 11) is 0. The van der Waals surface area contributed by atoms with Gasteiger partial charge in [0.05, 0.1) is 0 Å². The summed E-state index contributed by atoms with van der Waals surface area (Å²) >= 11 is 0. The lowest BCUT2D eigenvalue weighted by Gasteiger charge is -2.59. The van der Waals surface area contributed by atoms with Crippen molar-refractivity contribution in [3.8, 4) is 0 Å². The van der Waals surface area contributed by atoms with Gasteiger partial charge in [0.15, 0.2) is 0 Å². The lowest BCUT2D eigenvalue weighted by atomic mass is 9.46. The van der Waals surface area contributed by atoms with E-state index in [0.717, 1.165) is 42.6 Å². The quantitative estimate of drug-likeness (QED) is 0.343. The molecule has 0 radical (unpaired) electrons. The highest BCUT2D eigenvalue weighted by Crippen LogP contribution is 2.68. The molecule has 3 fully saturated rings. The molecule has 7 atom stereocenters. The maximum absolute atomic E-state index is 14.8. The van der Waals surface area contributed by atoms with Gasteiger partial charge in [-0.05, 0) is 90.9 Å². The molecule has 0 aromatic carbocycles. The molecule has 1 N–H and O–H groups in total. The SMILES string of the molecule is CC(C)CCC[C@@H](C)[C@H]1CCC2C3CCC4=C/C(=N/O)C(F)(F)C[C@]4(C)C3CC[C@@]21C. The van der Waals surface area contributed by atoms with Gasteiger partial charge in [0.1, 0.15) is 5.71 Å². The Morgan fingerprint density at radius 3 is 2.48 bits per heavy atom. The summed E-state index contributed by atoms with van der Waals surface area (Å²) in [5.74, 6) is 0.898. The minimum absolute atomic E-state index is 0.190. The van der Waals surface area contributed by atoms with Crippen molar-refractivity contribution in [2.75, 3.05) is 0 Å². The monoisotopic (exact) mass is 435 g/mol. The van der Waals surface area contributed by atoms with Gasteiger partial charge in [-0.25, -0.2) is 0 Å². The Labute approximate surface area is 187 Å². The van der Waals surface area contributed by atoms with Crippen molar-refractivity contribution in [2.45, 2.75) is 105 Å². The standard InChI is InChI=1S/C27H43F2NO/c1-17(2)7-6-8-18(3)21-11-12-22-20-10-9-19-15-24(30-31)27(28,29)16-26(19,5)23(20)13-14-25(21,22)4/h15,17-18,20-23,31H,6-14,16H2,1-5H3/b30-24-/t18-,20?,21-,22?,23?,25-,26+/m1/s1. The lowest BCUT2D eigenvalue weighted by molar-refractivity contribution is -0.0823. The molecule has 0 heterocycles. The largest absolute Gasteiger partial charge is 0.410 e. The third-order valence-corrected chi connectivity index (χ3v) is 10.3. The summed E-state index contributed by atoms with van der Waals surface area (Å²) in [4.78, 5) is 0. The van der Waals surface area contributed by atoms with Crippen LogP contribution in [0.15, 0.2) is 16.8 Å². The molecule has 176 valence electrons. The van der Waals surface area contributed by atoms with Gasteiger partial charge in [-0.2, -0.15) is 8.78 Å². The predicted octanol–water partition coefficient (Wildman–Crippen LogP) is 8.10. The van der Waals surface area contributed by atoms with E-state index in [9.17, 15) is 8.78 Å². The number of oxime groups is 1. The van der Waals surface area contributed by atoms with Gasteiger partial charge in [-0.3, -0.25) is 0 Å². The van der Waals surface area contributed by atoms with E-state index in [1.807, 2.05) is 0 Å². The molecular weight excluding hydrogens is 392 g/mol. The Morgan fingerprint density at radius 2 is 1.81 bits per heavy atom. The second-order valence-electron chi connectivity index (χ2n) is 12.4.